The van der Waals surface area contributed by atoms with Crippen LogP contribution in [0.25, 0.3) is 0 Å². The fourth-order valence-electron chi connectivity index (χ4n) is 2.33. The van der Waals surface area contributed by atoms with Crippen molar-refractivity contribution in [2.24, 2.45) is 10.4 Å². The molecule has 0 aromatic heterocycles. The van der Waals surface area contributed by atoms with E-state index in [0.717, 1.165) is 25.5 Å². The summed E-state index contributed by atoms with van der Waals surface area (Å²) in [7, 11) is 0. The van der Waals surface area contributed by atoms with E-state index >= 15 is 0 Å². The molecule has 0 radical (unpaired) electrons. The maximum atomic E-state index is 5.93. The molecule has 1 aliphatic rings. The molecule has 106 valence electrons. The Balaban J connectivity index is 2.52. The second-order valence-corrected chi connectivity index (χ2v) is 5.78. The Morgan fingerprint density at radius 3 is 2.50 bits per heavy atom. The summed E-state index contributed by atoms with van der Waals surface area (Å²) in [6, 6.07) is 0.436. The number of guanidine groups is 1. The molecule has 0 amide bonds. The van der Waals surface area contributed by atoms with E-state index in [1.807, 2.05) is 0 Å². The zero-order chi connectivity index (χ0) is 13.8. The van der Waals surface area contributed by atoms with Crippen molar-refractivity contribution >= 4 is 5.96 Å². The van der Waals surface area contributed by atoms with Crippen LogP contribution in [0, 0.1) is 5.41 Å². The van der Waals surface area contributed by atoms with Crippen LogP contribution < -0.4 is 10.6 Å². The van der Waals surface area contributed by atoms with Crippen molar-refractivity contribution in [2.75, 3.05) is 13.1 Å². The van der Waals surface area contributed by atoms with Gasteiger partial charge in [0, 0.05) is 24.5 Å². The van der Waals surface area contributed by atoms with Crippen molar-refractivity contribution < 1.29 is 4.74 Å². The monoisotopic (exact) mass is 255 g/mol. The van der Waals surface area contributed by atoms with Crippen LogP contribution in [0.5, 0.6) is 0 Å². The molecule has 2 unspecified atom stereocenters. The number of hydrogen-bond acceptors (Lipinski definition) is 2. The van der Waals surface area contributed by atoms with Crippen LogP contribution in [-0.2, 0) is 4.74 Å². The van der Waals surface area contributed by atoms with E-state index in [2.05, 4.69) is 57.2 Å². The molecule has 0 spiro atoms. The summed E-state index contributed by atoms with van der Waals surface area (Å²) in [5, 5.41) is 6.78. The molecule has 1 aliphatic carbocycles. The average molecular weight is 255 g/mol. The fourth-order valence-corrected chi connectivity index (χ4v) is 2.33. The Labute approximate surface area is 112 Å². The minimum atomic E-state index is 0.161. The van der Waals surface area contributed by atoms with Crippen LogP contribution >= 0.6 is 0 Å². The van der Waals surface area contributed by atoms with Crippen LogP contribution in [0.3, 0.4) is 0 Å². The predicted octanol–water partition coefficient (Wildman–Crippen LogP) is 2.15. The Morgan fingerprint density at radius 1 is 1.39 bits per heavy atom. The van der Waals surface area contributed by atoms with Crippen molar-refractivity contribution in [2.45, 2.75) is 66.2 Å². The van der Waals surface area contributed by atoms with Crippen LogP contribution in [0.2, 0.25) is 0 Å². The van der Waals surface area contributed by atoms with Crippen molar-refractivity contribution in [3.8, 4) is 0 Å². The molecule has 0 aliphatic heterocycles. The Hall–Kier alpha value is -0.770. The summed E-state index contributed by atoms with van der Waals surface area (Å²) in [5.41, 5.74) is 0.161. The molecule has 0 bridgehead atoms. The number of aliphatic imine (C=N–C) groups is 1. The van der Waals surface area contributed by atoms with E-state index in [-0.39, 0.29) is 5.41 Å². The van der Waals surface area contributed by atoms with Crippen LogP contribution in [-0.4, -0.2) is 37.3 Å². The van der Waals surface area contributed by atoms with Gasteiger partial charge in [0.1, 0.15) is 0 Å². The van der Waals surface area contributed by atoms with Crippen molar-refractivity contribution in [1.29, 1.82) is 0 Å². The van der Waals surface area contributed by atoms with Crippen LogP contribution in [0.15, 0.2) is 4.99 Å². The largest absolute Gasteiger partial charge is 0.375 e. The van der Waals surface area contributed by atoms with Gasteiger partial charge in [-0.2, -0.15) is 0 Å². The van der Waals surface area contributed by atoms with Crippen LogP contribution in [0.1, 0.15) is 48.0 Å². The Kier molecular flexibility index (Phi) is 5.45. The highest BCUT2D eigenvalue weighted by atomic mass is 16.5. The first-order valence-electron chi connectivity index (χ1n) is 7.12. The summed E-state index contributed by atoms with van der Waals surface area (Å²) in [6.45, 7) is 14.5. The van der Waals surface area contributed by atoms with Gasteiger partial charge in [-0.15, -0.1) is 0 Å². The first-order chi connectivity index (χ1) is 8.41. The summed E-state index contributed by atoms with van der Waals surface area (Å²) < 4.78 is 5.93. The molecule has 4 nitrogen and oxygen atoms in total. The van der Waals surface area contributed by atoms with Gasteiger partial charge in [-0.1, -0.05) is 13.8 Å². The summed E-state index contributed by atoms with van der Waals surface area (Å²) >= 11 is 0. The average Bonchev–Trinajstić information content (AvgIpc) is 2.27. The smallest absolute Gasteiger partial charge is 0.191 e. The quantitative estimate of drug-likeness (QED) is 0.584. The Bertz CT molecular complexity index is 287. The zero-order valence-electron chi connectivity index (χ0n) is 12.7. The molecule has 0 aromatic rings. The Morgan fingerprint density at radius 2 is 2.06 bits per heavy atom. The normalized spacial score (nSPS) is 26.9. The summed E-state index contributed by atoms with van der Waals surface area (Å²) in [5.74, 6) is 0.918. The first-order valence-corrected chi connectivity index (χ1v) is 7.12. The summed E-state index contributed by atoms with van der Waals surface area (Å²) in [6.07, 6.45) is 1.70. The van der Waals surface area contributed by atoms with E-state index in [0.29, 0.717) is 18.2 Å². The number of rotatable bonds is 5. The maximum absolute atomic E-state index is 5.93. The second-order valence-electron chi connectivity index (χ2n) is 5.78. The van der Waals surface area contributed by atoms with Gasteiger partial charge in [-0.05, 0) is 34.1 Å². The van der Waals surface area contributed by atoms with E-state index in [1.165, 1.54) is 0 Å². The molecule has 18 heavy (non-hydrogen) atoms. The molecular weight excluding hydrogens is 226 g/mol. The van der Waals surface area contributed by atoms with E-state index in [4.69, 9.17) is 4.74 Å². The minimum Gasteiger partial charge on any atom is -0.375 e. The third-order valence-corrected chi connectivity index (χ3v) is 3.59. The molecular formula is C14H29N3O. The minimum absolute atomic E-state index is 0.161. The van der Waals surface area contributed by atoms with Gasteiger partial charge >= 0.3 is 0 Å². The lowest BCUT2D eigenvalue weighted by Gasteiger charge is -2.52. The maximum Gasteiger partial charge on any atom is 0.191 e. The standard InChI is InChI=1S/C14H29N3O/c1-7-15-13(16-8-2)17-11-9-12(14(11,5)6)18-10(3)4/h10-12H,7-9H2,1-6H3,(H2,15,16,17). The highest BCUT2D eigenvalue weighted by Gasteiger charge is 2.49. The van der Waals surface area contributed by atoms with Crippen molar-refractivity contribution in [3.05, 3.63) is 0 Å². The molecule has 1 rings (SSSR count). The lowest BCUT2D eigenvalue weighted by molar-refractivity contribution is -0.134. The number of nitrogens with one attached hydrogen (secondary N) is 2. The molecule has 1 saturated carbocycles. The highest BCUT2D eigenvalue weighted by molar-refractivity contribution is 5.80. The summed E-state index contributed by atoms with van der Waals surface area (Å²) in [4.78, 5) is 4.44. The molecule has 0 aromatic carbocycles. The van der Waals surface area contributed by atoms with E-state index in [9.17, 15) is 0 Å². The van der Waals surface area contributed by atoms with Gasteiger partial charge in [0.25, 0.3) is 0 Å². The third kappa shape index (κ3) is 3.61. The van der Waals surface area contributed by atoms with Gasteiger partial charge < -0.3 is 15.4 Å². The number of nitrogens with zero attached hydrogens (tertiary/aromatic N) is 1. The fraction of sp³-hybridized carbons (Fsp3) is 0.929. The van der Waals surface area contributed by atoms with Crippen molar-refractivity contribution in [1.82, 2.24) is 10.6 Å². The third-order valence-electron chi connectivity index (χ3n) is 3.59. The van der Waals surface area contributed by atoms with Crippen molar-refractivity contribution in [3.63, 3.8) is 0 Å². The van der Waals surface area contributed by atoms with Gasteiger partial charge in [-0.3, -0.25) is 4.99 Å². The van der Waals surface area contributed by atoms with Crippen LogP contribution in [0.4, 0.5) is 0 Å². The number of ether oxygens (including phenoxy) is 1. The molecule has 2 N–H and O–H groups in total. The van der Waals surface area contributed by atoms with E-state index in [1.54, 1.807) is 0 Å². The van der Waals surface area contributed by atoms with Gasteiger partial charge in [0.15, 0.2) is 5.96 Å². The highest BCUT2D eigenvalue weighted by Crippen LogP contribution is 2.43. The predicted molar refractivity (Wildman–Crippen MR) is 77.0 cm³/mol. The van der Waals surface area contributed by atoms with Gasteiger partial charge in [0.05, 0.1) is 12.2 Å². The molecule has 2 atom stereocenters. The molecule has 0 saturated heterocycles. The molecule has 4 heteroatoms. The second kappa shape index (κ2) is 6.41. The zero-order valence-corrected chi connectivity index (χ0v) is 12.7. The van der Waals surface area contributed by atoms with Gasteiger partial charge in [0.2, 0.25) is 0 Å². The lowest BCUT2D eigenvalue weighted by Crippen LogP contribution is -2.63. The lowest BCUT2D eigenvalue weighted by atomic mass is 9.64. The van der Waals surface area contributed by atoms with Gasteiger partial charge in [-0.25, -0.2) is 0 Å². The topological polar surface area (TPSA) is 45.7 Å². The SMILES string of the molecule is CCN=C(NCC)NC1CC(OC(C)C)C1(C)C. The first kappa shape index (κ1) is 15.3. The number of hydrogen-bond donors (Lipinski definition) is 2. The van der Waals surface area contributed by atoms with E-state index < -0.39 is 0 Å². The molecule has 1 fully saturated rings. The molecule has 0 heterocycles.